The molecule has 0 saturated heterocycles. The van der Waals surface area contributed by atoms with Gasteiger partial charge < -0.3 is 4.74 Å². The van der Waals surface area contributed by atoms with Crippen LogP contribution in [-0.2, 0) is 19.1 Å². The topological polar surface area (TPSA) is 68.5 Å². The number of carbonyl (C=O) groups excluding carboxylic acids is 1. The standard InChI is InChI=1S/C25H30N4O2/c1-17-23(18(2)29(6)28-17)15-26-27-24(30)20-9-7-19(8-10-20)16-31-22-13-11-21(12-14-22)25(3,4)5/h7-15H,16H2,1-6H3,(H,27,30)/b26-15+. The largest absolute Gasteiger partial charge is 0.489 e. The second kappa shape index (κ2) is 9.16. The Kier molecular flexibility index (Phi) is 6.59. The SMILES string of the molecule is Cc1nn(C)c(C)c1/C=N/NC(=O)c1ccc(COc2ccc(C(C)(C)C)cc2)cc1. The highest BCUT2D eigenvalue weighted by molar-refractivity contribution is 5.95. The van der Waals surface area contributed by atoms with Gasteiger partial charge in [0.2, 0.25) is 0 Å². The molecule has 3 aromatic rings. The van der Waals surface area contributed by atoms with Crippen molar-refractivity contribution in [3.05, 3.63) is 82.2 Å². The smallest absolute Gasteiger partial charge is 0.271 e. The van der Waals surface area contributed by atoms with E-state index in [1.54, 1.807) is 23.0 Å². The van der Waals surface area contributed by atoms with Gasteiger partial charge in [-0.3, -0.25) is 9.48 Å². The molecule has 162 valence electrons. The molecule has 1 aromatic heterocycles. The van der Waals surface area contributed by atoms with Crippen molar-refractivity contribution in [2.45, 2.75) is 46.6 Å². The number of nitrogens with one attached hydrogen (secondary N) is 1. The molecule has 0 fully saturated rings. The molecule has 0 atom stereocenters. The molecular formula is C25H30N4O2. The number of carbonyl (C=O) groups is 1. The zero-order valence-electron chi connectivity index (χ0n) is 19.1. The quantitative estimate of drug-likeness (QED) is 0.467. The number of hydrazone groups is 1. The summed E-state index contributed by atoms with van der Waals surface area (Å²) in [6, 6.07) is 15.5. The van der Waals surface area contributed by atoms with Crippen LogP contribution in [0.2, 0.25) is 0 Å². The number of ether oxygens (including phenoxy) is 1. The summed E-state index contributed by atoms with van der Waals surface area (Å²) in [4.78, 5) is 12.3. The zero-order chi connectivity index (χ0) is 22.6. The van der Waals surface area contributed by atoms with Gasteiger partial charge in [0.25, 0.3) is 5.91 Å². The maximum Gasteiger partial charge on any atom is 0.271 e. The molecule has 2 aromatic carbocycles. The minimum absolute atomic E-state index is 0.120. The van der Waals surface area contributed by atoms with E-state index in [1.165, 1.54) is 5.56 Å². The average molecular weight is 419 g/mol. The van der Waals surface area contributed by atoms with E-state index in [2.05, 4.69) is 48.5 Å². The highest BCUT2D eigenvalue weighted by Gasteiger charge is 2.13. The summed E-state index contributed by atoms with van der Waals surface area (Å²) in [6.45, 7) is 10.9. The molecule has 0 aliphatic carbocycles. The highest BCUT2D eigenvalue weighted by Crippen LogP contribution is 2.24. The van der Waals surface area contributed by atoms with Gasteiger partial charge in [0.05, 0.1) is 11.9 Å². The summed E-state index contributed by atoms with van der Waals surface area (Å²) in [5.74, 6) is 0.561. The molecule has 0 radical (unpaired) electrons. The third-order valence-electron chi connectivity index (χ3n) is 5.27. The summed E-state index contributed by atoms with van der Waals surface area (Å²) in [5, 5.41) is 8.40. The summed E-state index contributed by atoms with van der Waals surface area (Å²) in [7, 11) is 1.88. The number of aromatic nitrogens is 2. The predicted octanol–water partition coefficient (Wildman–Crippen LogP) is 4.68. The number of benzene rings is 2. The Bertz CT molecular complexity index is 1070. The molecule has 0 aliphatic rings. The fourth-order valence-corrected chi connectivity index (χ4v) is 3.17. The zero-order valence-corrected chi connectivity index (χ0v) is 19.1. The van der Waals surface area contributed by atoms with Gasteiger partial charge in [0.15, 0.2) is 0 Å². The molecular weight excluding hydrogens is 388 g/mol. The third-order valence-corrected chi connectivity index (χ3v) is 5.27. The van der Waals surface area contributed by atoms with Crippen LogP contribution >= 0.6 is 0 Å². The number of amides is 1. The van der Waals surface area contributed by atoms with Crippen molar-refractivity contribution in [3.63, 3.8) is 0 Å². The first kappa shape index (κ1) is 22.3. The van der Waals surface area contributed by atoms with Crippen LogP contribution in [0.4, 0.5) is 0 Å². The maximum atomic E-state index is 12.3. The van der Waals surface area contributed by atoms with Crippen molar-refractivity contribution < 1.29 is 9.53 Å². The molecule has 31 heavy (non-hydrogen) atoms. The van der Waals surface area contributed by atoms with Crippen molar-refractivity contribution in [1.82, 2.24) is 15.2 Å². The fraction of sp³-hybridized carbons (Fsp3) is 0.320. The van der Waals surface area contributed by atoms with Crippen molar-refractivity contribution in [2.24, 2.45) is 12.1 Å². The highest BCUT2D eigenvalue weighted by atomic mass is 16.5. The van der Waals surface area contributed by atoms with Crippen molar-refractivity contribution in [1.29, 1.82) is 0 Å². The third kappa shape index (κ3) is 5.60. The number of hydrogen-bond acceptors (Lipinski definition) is 4. The van der Waals surface area contributed by atoms with E-state index >= 15 is 0 Å². The van der Waals surface area contributed by atoms with Crippen LogP contribution in [0.25, 0.3) is 0 Å². The second-order valence-corrected chi connectivity index (χ2v) is 8.67. The molecule has 1 heterocycles. The van der Waals surface area contributed by atoms with Crippen LogP contribution in [0.1, 0.15) is 59.2 Å². The normalized spacial score (nSPS) is 11.7. The maximum absolute atomic E-state index is 12.3. The van der Waals surface area contributed by atoms with E-state index in [4.69, 9.17) is 4.74 Å². The van der Waals surface area contributed by atoms with Crippen LogP contribution in [0.5, 0.6) is 5.75 Å². The van der Waals surface area contributed by atoms with Gasteiger partial charge in [-0.15, -0.1) is 0 Å². The van der Waals surface area contributed by atoms with Crippen LogP contribution in [-0.4, -0.2) is 21.9 Å². The number of rotatable bonds is 6. The first-order valence-corrected chi connectivity index (χ1v) is 10.3. The van der Waals surface area contributed by atoms with Crippen molar-refractivity contribution in [3.8, 4) is 5.75 Å². The molecule has 0 unspecified atom stereocenters. The lowest BCUT2D eigenvalue weighted by Gasteiger charge is -2.19. The molecule has 3 rings (SSSR count). The van der Waals surface area contributed by atoms with Crippen LogP contribution in [0.3, 0.4) is 0 Å². The summed E-state index contributed by atoms with van der Waals surface area (Å²) < 4.78 is 7.66. The molecule has 1 amide bonds. The van der Waals surface area contributed by atoms with Crippen LogP contribution in [0, 0.1) is 13.8 Å². The number of nitrogens with zero attached hydrogens (tertiary/aromatic N) is 3. The Morgan fingerprint density at radius 1 is 1.10 bits per heavy atom. The Hall–Kier alpha value is -3.41. The Morgan fingerprint density at radius 2 is 1.74 bits per heavy atom. The molecule has 0 spiro atoms. The van der Waals surface area contributed by atoms with E-state index < -0.39 is 0 Å². The molecule has 1 N–H and O–H groups in total. The van der Waals surface area contributed by atoms with Gasteiger partial charge in [-0.1, -0.05) is 45.0 Å². The van der Waals surface area contributed by atoms with Crippen LogP contribution < -0.4 is 10.2 Å². The predicted molar refractivity (Wildman–Crippen MR) is 124 cm³/mol. The van der Waals surface area contributed by atoms with E-state index in [1.807, 2.05) is 45.2 Å². The van der Waals surface area contributed by atoms with E-state index in [0.29, 0.717) is 12.2 Å². The van der Waals surface area contributed by atoms with Gasteiger partial charge in [0, 0.05) is 23.9 Å². The minimum Gasteiger partial charge on any atom is -0.489 e. The molecule has 0 aliphatic heterocycles. The van der Waals surface area contributed by atoms with Gasteiger partial charge in [-0.25, -0.2) is 5.43 Å². The second-order valence-electron chi connectivity index (χ2n) is 8.67. The van der Waals surface area contributed by atoms with E-state index in [-0.39, 0.29) is 11.3 Å². The Labute approximate surface area is 183 Å². The van der Waals surface area contributed by atoms with Crippen molar-refractivity contribution in [2.75, 3.05) is 0 Å². The minimum atomic E-state index is -0.263. The van der Waals surface area contributed by atoms with Gasteiger partial charge in [0.1, 0.15) is 12.4 Å². The molecule has 6 nitrogen and oxygen atoms in total. The molecule has 6 heteroatoms. The van der Waals surface area contributed by atoms with Gasteiger partial charge in [-0.05, 0) is 54.7 Å². The average Bonchev–Trinajstić information content (AvgIpc) is 2.98. The Balaban J connectivity index is 1.54. The summed E-state index contributed by atoms with van der Waals surface area (Å²) in [6.07, 6.45) is 1.63. The Morgan fingerprint density at radius 3 is 2.29 bits per heavy atom. The fourth-order valence-electron chi connectivity index (χ4n) is 3.17. The number of hydrogen-bond donors (Lipinski definition) is 1. The van der Waals surface area contributed by atoms with E-state index in [9.17, 15) is 4.79 Å². The molecule has 0 bridgehead atoms. The first-order valence-electron chi connectivity index (χ1n) is 10.3. The molecule has 0 saturated carbocycles. The van der Waals surface area contributed by atoms with Gasteiger partial charge >= 0.3 is 0 Å². The summed E-state index contributed by atoms with van der Waals surface area (Å²) in [5.41, 5.74) is 8.25. The monoisotopic (exact) mass is 418 g/mol. The van der Waals surface area contributed by atoms with Crippen LogP contribution in [0.15, 0.2) is 53.6 Å². The number of aryl methyl sites for hydroxylation is 2. The van der Waals surface area contributed by atoms with Gasteiger partial charge in [-0.2, -0.15) is 10.2 Å². The first-order chi connectivity index (χ1) is 14.6. The van der Waals surface area contributed by atoms with Crippen molar-refractivity contribution >= 4 is 12.1 Å². The lowest BCUT2D eigenvalue weighted by atomic mass is 9.87. The lowest BCUT2D eigenvalue weighted by Crippen LogP contribution is -2.17. The summed E-state index contributed by atoms with van der Waals surface area (Å²) >= 11 is 0. The van der Waals surface area contributed by atoms with E-state index in [0.717, 1.165) is 28.3 Å². The lowest BCUT2D eigenvalue weighted by molar-refractivity contribution is 0.0955.